The molecule has 0 bridgehead atoms. The molecule has 1 fully saturated rings. The van der Waals surface area contributed by atoms with Crippen LogP contribution in [0.25, 0.3) is 0 Å². The van der Waals surface area contributed by atoms with Gasteiger partial charge in [0.25, 0.3) is 5.69 Å². The molecule has 2 aromatic carbocycles. The average molecular weight is 365 g/mol. The molecule has 1 atom stereocenters. The number of anilines is 1. The van der Waals surface area contributed by atoms with Crippen molar-refractivity contribution in [3.05, 3.63) is 63.2 Å². The van der Waals surface area contributed by atoms with E-state index < -0.39 is 10.3 Å². The Hall–Kier alpha value is -2.25. The van der Waals surface area contributed by atoms with E-state index in [9.17, 15) is 14.9 Å². The highest BCUT2D eigenvalue weighted by molar-refractivity contribution is 8.00. The van der Waals surface area contributed by atoms with Gasteiger partial charge in [-0.15, -0.1) is 11.8 Å². The first-order valence-electron chi connectivity index (χ1n) is 7.03. The Morgan fingerprint density at radius 3 is 2.75 bits per heavy atom. The molecule has 0 aliphatic carbocycles. The number of para-hydroxylation sites is 1. The lowest BCUT2D eigenvalue weighted by Crippen LogP contribution is -2.28. The second kappa shape index (κ2) is 6.70. The van der Waals surface area contributed by atoms with Gasteiger partial charge in [0, 0.05) is 11.8 Å². The second-order valence-corrected chi connectivity index (χ2v) is 6.54. The largest absolute Gasteiger partial charge is 0.495 e. The van der Waals surface area contributed by atoms with Gasteiger partial charge in [0.05, 0.1) is 28.4 Å². The number of amides is 1. The van der Waals surface area contributed by atoms with Gasteiger partial charge >= 0.3 is 0 Å². The molecule has 0 spiro atoms. The molecule has 3 rings (SSSR count). The van der Waals surface area contributed by atoms with E-state index in [1.807, 2.05) is 0 Å². The summed E-state index contributed by atoms with van der Waals surface area (Å²) in [6, 6.07) is 11.5. The van der Waals surface area contributed by atoms with Crippen LogP contribution in [0.3, 0.4) is 0 Å². The fraction of sp³-hybridized carbons (Fsp3) is 0.188. The number of rotatable bonds is 4. The monoisotopic (exact) mass is 364 g/mol. The molecule has 0 radical (unpaired) electrons. The molecule has 1 aliphatic heterocycles. The molecule has 6 nitrogen and oxygen atoms in total. The fourth-order valence-corrected chi connectivity index (χ4v) is 4.06. The number of nitrogens with zero attached hydrogens (tertiary/aromatic N) is 2. The number of ether oxygens (including phenoxy) is 1. The summed E-state index contributed by atoms with van der Waals surface area (Å²) in [7, 11) is 1.51. The maximum Gasteiger partial charge on any atom is 0.275 e. The Morgan fingerprint density at radius 2 is 2.08 bits per heavy atom. The number of benzene rings is 2. The third-order valence-corrected chi connectivity index (χ3v) is 5.17. The van der Waals surface area contributed by atoms with Gasteiger partial charge in [0.2, 0.25) is 5.91 Å². The van der Waals surface area contributed by atoms with Crippen LogP contribution in [0.2, 0.25) is 5.02 Å². The minimum Gasteiger partial charge on any atom is -0.495 e. The first-order valence-corrected chi connectivity index (χ1v) is 8.46. The van der Waals surface area contributed by atoms with Gasteiger partial charge in [-0.2, -0.15) is 0 Å². The van der Waals surface area contributed by atoms with E-state index in [4.69, 9.17) is 16.3 Å². The summed E-state index contributed by atoms with van der Waals surface area (Å²) in [4.78, 5) is 24.8. The normalized spacial score (nSPS) is 17.2. The van der Waals surface area contributed by atoms with Crippen molar-refractivity contribution in [1.29, 1.82) is 0 Å². The topological polar surface area (TPSA) is 72.7 Å². The summed E-state index contributed by atoms with van der Waals surface area (Å²) in [5.41, 5.74) is 1.07. The van der Waals surface area contributed by atoms with E-state index in [-0.39, 0.29) is 17.3 Å². The Kier molecular flexibility index (Phi) is 4.64. The molecule has 0 unspecified atom stereocenters. The maximum atomic E-state index is 12.4. The van der Waals surface area contributed by atoms with E-state index in [2.05, 4.69) is 0 Å². The van der Waals surface area contributed by atoms with Gasteiger partial charge in [0.15, 0.2) is 0 Å². The van der Waals surface area contributed by atoms with Gasteiger partial charge in [-0.3, -0.25) is 19.8 Å². The minimum atomic E-state index is -0.469. The van der Waals surface area contributed by atoms with Crippen molar-refractivity contribution < 1.29 is 14.5 Å². The predicted octanol–water partition coefficient (Wildman–Crippen LogP) is 4.04. The van der Waals surface area contributed by atoms with E-state index in [0.29, 0.717) is 22.0 Å². The molecular weight excluding hydrogens is 352 g/mol. The number of hydrogen-bond acceptors (Lipinski definition) is 5. The lowest BCUT2D eigenvalue weighted by atomic mass is 10.1. The smallest absolute Gasteiger partial charge is 0.275 e. The summed E-state index contributed by atoms with van der Waals surface area (Å²) in [5.74, 6) is 0.631. The van der Waals surface area contributed by atoms with Gasteiger partial charge in [-0.25, -0.2) is 0 Å². The van der Waals surface area contributed by atoms with E-state index in [1.165, 1.54) is 24.9 Å². The Morgan fingerprint density at radius 1 is 1.33 bits per heavy atom. The molecule has 1 amide bonds. The van der Waals surface area contributed by atoms with Crippen LogP contribution in [0.4, 0.5) is 11.4 Å². The van der Waals surface area contributed by atoms with Crippen molar-refractivity contribution in [2.75, 3.05) is 17.8 Å². The summed E-state index contributed by atoms with van der Waals surface area (Å²) in [6.07, 6.45) is 0. The highest BCUT2D eigenvalue weighted by atomic mass is 35.5. The number of hydrogen-bond donors (Lipinski definition) is 0. The molecule has 2 aromatic rings. The highest BCUT2D eigenvalue weighted by Gasteiger charge is 2.37. The Balaban J connectivity index is 2.05. The predicted molar refractivity (Wildman–Crippen MR) is 93.8 cm³/mol. The maximum absolute atomic E-state index is 12.4. The first kappa shape index (κ1) is 16.6. The van der Waals surface area contributed by atoms with Crippen molar-refractivity contribution >= 4 is 40.6 Å². The number of halogens is 1. The number of carbonyl (C=O) groups excluding carboxylic acids is 1. The van der Waals surface area contributed by atoms with Gasteiger partial charge in [0.1, 0.15) is 11.1 Å². The average Bonchev–Trinajstić information content (AvgIpc) is 2.96. The van der Waals surface area contributed by atoms with Crippen molar-refractivity contribution in [2.45, 2.75) is 5.37 Å². The van der Waals surface area contributed by atoms with E-state index >= 15 is 0 Å². The Labute approximate surface area is 147 Å². The highest BCUT2D eigenvalue weighted by Crippen LogP contribution is 2.45. The zero-order chi connectivity index (χ0) is 17.3. The molecule has 1 aliphatic rings. The number of nitro groups is 1. The van der Waals surface area contributed by atoms with E-state index in [0.717, 1.165) is 0 Å². The van der Waals surface area contributed by atoms with Crippen molar-refractivity contribution in [1.82, 2.24) is 0 Å². The zero-order valence-electron chi connectivity index (χ0n) is 12.6. The Bertz CT molecular complexity index is 814. The van der Waals surface area contributed by atoms with Crippen molar-refractivity contribution in [3.63, 3.8) is 0 Å². The summed E-state index contributed by atoms with van der Waals surface area (Å²) >= 11 is 7.50. The fourth-order valence-electron chi connectivity index (χ4n) is 2.60. The van der Waals surface area contributed by atoms with Crippen LogP contribution in [0.1, 0.15) is 10.9 Å². The van der Waals surface area contributed by atoms with Crippen LogP contribution in [-0.2, 0) is 4.79 Å². The molecule has 0 N–H and O–H groups in total. The number of nitro benzene ring substituents is 1. The number of carbonyl (C=O) groups is 1. The molecular formula is C16H13ClN2O4S. The first-order chi connectivity index (χ1) is 11.5. The molecule has 1 saturated heterocycles. The molecule has 124 valence electrons. The molecule has 0 saturated carbocycles. The summed E-state index contributed by atoms with van der Waals surface area (Å²) in [5, 5.41) is 11.2. The van der Waals surface area contributed by atoms with Crippen LogP contribution in [0, 0.1) is 10.1 Å². The van der Waals surface area contributed by atoms with Crippen LogP contribution >= 0.6 is 23.4 Å². The minimum absolute atomic E-state index is 0.00527. The molecule has 8 heteroatoms. The van der Waals surface area contributed by atoms with Crippen LogP contribution in [0.15, 0.2) is 42.5 Å². The number of methoxy groups -OCH3 is 1. The van der Waals surface area contributed by atoms with Crippen molar-refractivity contribution in [3.8, 4) is 5.75 Å². The SMILES string of the molecule is COc1ccc(N2C(=O)CS[C@@H]2c2ccccc2[N+](=O)[O-])cc1Cl. The number of thioether (sulfide) groups is 1. The van der Waals surface area contributed by atoms with Gasteiger partial charge in [-0.1, -0.05) is 23.7 Å². The van der Waals surface area contributed by atoms with Crippen molar-refractivity contribution in [2.24, 2.45) is 0 Å². The molecule has 1 heterocycles. The van der Waals surface area contributed by atoms with Crippen LogP contribution in [0.5, 0.6) is 5.75 Å². The zero-order valence-corrected chi connectivity index (χ0v) is 14.2. The third kappa shape index (κ3) is 2.92. The molecule has 24 heavy (non-hydrogen) atoms. The second-order valence-electron chi connectivity index (χ2n) is 5.06. The lowest BCUT2D eigenvalue weighted by molar-refractivity contribution is -0.385. The summed E-state index contributed by atoms with van der Waals surface area (Å²) < 4.78 is 5.12. The van der Waals surface area contributed by atoms with Gasteiger partial charge in [-0.05, 0) is 24.3 Å². The van der Waals surface area contributed by atoms with E-state index in [1.54, 1.807) is 41.3 Å². The summed E-state index contributed by atoms with van der Waals surface area (Å²) in [6.45, 7) is 0. The van der Waals surface area contributed by atoms with Crippen LogP contribution in [-0.4, -0.2) is 23.7 Å². The standard InChI is InChI=1S/C16H13ClN2O4S/c1-23-14-7-6-10(8-12(14)17)18-15(20)9-24-16(18)11-4-2-3-5-13(11)19(21)22/h2-8,16H,9H2,1H3/t16-/m1/s1. The van der Waals surface area contributed by atoms with Gasteiger partial charge < -0.3 is 4.74 Å². The molecule has 0 aromatic heterocycles. The van der Waals surface area contributed by atoms with Crippen LogP contribution < -0.4 is 9.64 Å². The lowest BCUT2D eigenvalue weighted by Gasteiger charge is -2.24. The quantitative estimate of drug-likeness (QED) is 0.604. The third-order valence-electron chi connectivity index (χ3n) is 3.68.